The van der Waals surface area contributed by atoms with Crippen LogP contribution in [0.2, 0.25) is 0 Å². The minimum atomic E-state index is -0.806. The Morgan fingerprint density at radius 3 is 2.75 bits per heavy atom. The van der Waals surface area contributed by atoms with Crippen LogP contribution in [0.4, 0.5) is 0 Å². The van der Waals surface area contributed by atoms with Crippen molar-refractivity contribution in [3.8, 4) is 0 Å². The smallest absolute Gasteiger partial charge is 0.117 e. The van der Waals surface area contributed by atoms with Crippen LogP contribution >= 0.6 is 0 Å². The molecule has 0 spiro atoms. The van der Waals surface area contributed by atoms with Crippen molar-refractivity contribution in [2.24, 2.45) is 5.92 Å². The highest BCUT2D eigenvalue weighted by molar-refractivity contribution is 7.84. The van der Waals surface area contributed by atoms with Gasteiger partial charge in [0.25, 0.3) is 0 Å². The Labute approximate surface area is 100 Å². The molecule has 0 aromatic carbocycles. The van der Waals surface area contributed by atoms with Gasteiger partial charge in [0, 0.05) is 16.6 Å². The molecule has 1 heterocycles. The zero-order valence-corrected chi connectivity index (χ0v) is 11.1. The third kappa shape index (κ3) is 4.49. The molecule has 1 rings (SSSR count). The van der Waals surface area contributed by atoms with E-state index < -0.39 is 10.8 Å². The van der Waals surface area contributed by atoms with Gasteiger partial charge >= 0.3 is 0 Å². The largest absolute Gasteiger partial charge is 0.464 e. The molecule has 0 fully saturated rings. The van der Waals surface area contributed by atoms with E-state index in [9.17, 15) is 4.21 Å². The van der Waals surface area contributed by atoms with Gasteiger partial charge in [0.2, 0.25) is 0 Å². The molecule has 1 aromatic heterocycles. The Bertz CT molecular complexity index is 336. The fraction of sp³-hybridized carbons (Fsp3) is 0.667. The number of rotatable bonds is 7. The number of furan rings is 1. The summed E-state index contributed by atoms with van der Waals surface area (Å²) < 4.78 is 17.3. The predicted molar refractivity (Wildman–Crippen MR) is 67.6 cm³/mol. The lowest BCUT2D eigenvalue weighted by Crippen LogP contribution is -2.08. The monoisotopic (exact) mass is 243 g/mol. The lowest BCUT2D eigenvalue weighted by molar-refractivity contribution is 0.467. The van der Waals surface area contributed by atoms with E-state index in [0.717, 1.165) is 30.2 Å². The Kier molecular flexibility index (Phi) is 5.77. The third-order valence-corrected chi connectivity index (χ3v) is 4.09. The Balaban J connectivity index is 2.43. The lowest BCUT2D eigenvalue weighted by atomic mass is 10.2. The van der Waals surface area contributed by atoms with Crippen molar-refractivity contribution in [3.63, 3.8) is 0 Å². The summed E-state index contributed by atoms with van der Waals surface area (Å²) in [7, 11) is 1.07. The molecule has 0 aliphatic rings. The van der Waals surface area contributed by atoms with Crippen molar-refractivity contribution in [1.82, 2.24) is 5.32 Å². The summed E-state index contributed by atoms with van der Waals surface area (Å²) in [4.78, 5) is 0. The maximum absolute atomic E-state index is 11.8. The van der Waals surface area contributed by atoms with Gasteiger partial charge in [0.05, 0.1) is 12.3 Å². The van der Waals surface area contributed by atoms with E-state index in [1.807, 2.05) is 19.2 Å². The summed E-state index contributed by atoms with van der Waals surface area (Å²) in [5.41, 5.74) is 0. The SMILES string of the molecule is CCC(C)CS(=O)Cc1ccc(CNC)o1. The lowest BCUT2D eigenvalue weighted by Gasteiger charge is -2.06. The van der Waals surface area contributed by atoms with E-state index in [4.69, 9.17) is 4.42 Å². The molecule has 92 valence electrons. The van der Waals surface area contributed by atoms with Crippen molar-refractivity contribution in [1.29, 1.82) is 0 Å². The molecule has 16 heavy (non-hydrogen) atoms. The van der Waals surface area contributed by atoms with E-state index in [2.05, 4.69) is 19.2 Å². The summed E-state index contributed by atoms with van der Waals surface area (Å²) in [6, 6.07) is 3.85. The zero-order chi connectivity index (χ0) is 12.0. The molecule has 2 atom stereocenters. The van der Waals surface area contributed by atoms with Crippen LogP contribution < -0.4 is 5.32 Å². The second kappa shape index (κ2) is 6.86. The van der Waals surface area contributed by atoms with Crippen LogP contribution in [0.3, 0.4) is 0 Å². The van der Waals surface area contributed by atoms with E-state index in [1.54, 1.807) is 0 Å². The van der Waals surface area contributed by atoms with Crippen LogP contribution in [0.1, 0.15) is 31.8 Å². The molecule has 0 aliphatic heterocycles. The molecule has 2 unspecified atom stereocenters. The third-order valence-electron chi connectivity index (χ3n) is 2.54. The zero-order valence-electron chi connectivity index (χ0n) is 10.3. The minimum absolute atomic E-state index is 0.521. The van der Waals surface area contributed by atoms with Gasteiger partial charge in [-0.15, -0.1) is 0 Å². The molecule has 0 bridgehead atoms. The average Bonchev–Trinajstić information content (AvgIpc) is 2.65. The molecule has 3 nitrogen and oxygen atoms in total. The van der Waals surface area contributed by atoms with Gasteiger partial charge < -0.3 is 9.73 Å². The van der Waals surface area contributed by atoms with E-state index >= 15 is 0 Å². The van der Waals surface area contributed by atoms with Gasteiger partial charge in [-0.2, -0.15) is 0 Å². The second-order valence-corrected chi connectivity index (χ2v) is 5.66. The molecule has 0 radical (unpaired) electrons. The van der Waals surface area contributed by atoms with Crippen LogP contribution in [-0.4, -0.2) is 17.0 Å². The number of nitrogens with one attached hydrogen (secondary N) is 1. The Morgan fingerprint density at radius 2 is 2.12 bits per heavy atom. The van der Waals surface area contributed by atoms with Crippen molar-refractivity contribution in [3.05, 3.63) is 23.7 Å². The van der Waals surface area contributed by atoms with Gasteiger partial charge in [-0.05, 0) is 25.1 Å². The van der Waals surface area contributed by atoms with Crippen LogP contribution in [0, 0.1) is 5.92 Å². The topological polar surface area (TPSA) is 42.2 Å². The number of hydrogen-bond acceptors (Lipinski definition) is 3. The summed E-state index contributed by atoms with van der Waals surface area (Å²) >= 11 is 0. The highest BCUT2D eigenvalue weighted by atomic mass is 32.2. The maximum Gasteiger partial charge on any atom is 0.117 e. The summed E-state index contributed by atoms with van der Waals surface area (Å²) in [6.45, 7) is 4.98. The van der Waals surface area contributed by atoms with Gasteiger partial charge in [0.15, 0.2) is 0 Å². The predicted octanol–water partition coefficient (Wildman–Crippen LogP) is 2.29. The van der Waals surface area contributed by atoms with Gasteiger partial charge in [-0.3, -0.25) is 4.21 Å². The molecule has 1 N–H and O–H groups in total. The molecule has 1 aromatic rings. The second-order valence-electron chi connectivity index (χ2n) is 4.16. The van der Waals surface area contributed by atoms with Crippen LogP contribution in [-0.2, 0) is 23.1 Å². The maximum atomic E-state index is 11.8. The van der Waals surface area contributed by atoms with E-state index in [1.165, 1.54) is 0 Å². The van der Waals surface area contributed by atoms with Crippen LogP contribution in [0.25, 0.3) is 0 Å². The Hall–Kier alpha value is -0.610. The molecular weight excluding hydrogens is 222 g/mol. The molecule has 0 amide bonds. The summed E-state index contributed by atoms with van der Waals surface area (Å²) in [6.07, 6.45) is 1.08. The number of hydrogen-bond donors (Lipinski definition) is 1. The first-order valence-electron chi connectivity index (χ1n) is 5.72. The van der Waals surface area contributed by atoms with Crippen molar-refractivity contribution in [2.75, 3.05) is 12.8 Å². The van der Waals surface area contributed by atoms with Crippen LogP contribution in [0.5, 0.6) is 0 Å². The quantitative estimate of drug-likeness (QED) is 0.799. The molecule has 0 saturated heterocycles. The molecule has 0 saturated carbocycles. The highest BCUT2D eigenvalue weighted by Crippen LogP contribution is 2.12. The first-order valence-corrected chi connectivity index (χ1v) is 7.21. The van der Waals surface area contributed by atoms with E-state index in [0.29, 0.717) is 11.7 Å². The standard InChI is InChI=1S/C12H21NO2S/c1-4-10(2)8-16(14)9-12-6-5-11(15-12)7-13-3/h5-6,10,13H,4,7-9H2,1-3H3. The Morgan fingerprint density at radius 1 is 1.44 bits per heavy atom. The summed E-state index contributed by atoms with van der Waals surface area (Å²) in [5.74, 6) is 3.55. The molecule has 0 aliphatic carbocycles. The van der Waals surface area contributed by atoms with Crippen LogP contribution in [0.15, 0.2) is 16.5 Å². The van der Waals surface area contributed by atoms with E-state index in [-0.39, 0.29) is 0 Å². The first-order chi connectivity index (χ1) is 7.65. The minimum Gasteiger partial charge on any atom is -0.464 e. The molecule has 4 heteroatoms. The van der Waals surface area contributed by atoms with Gasteiger partial charge in [-0.1, -0.05) is 20.3 Å². The van der Waals surface area contributed by atoms with Crippen molar-refractivity contribution in [2.45, 2.75) is 32.6 Å². The fourth-order valence-corrected chi connectivity index (χ4v) is 2.88. The van der Waals surface area contributed by atoms with Crippen molar-refractivity contribution < 1.29 is 8.63 Å². The molecular formula is C12H21NO2S. The normalized spacial score (nSPS) is 14.9. The first kappa shape index (κ1) is 13.5. The fourth-order valence-electron chi connectivity index (χ4n) is 1.42. The highest BCUT2D eigenvalue weighted by Gasteiger charge is 2.09. The average molecular weight is 243 g/mol. The summed E-state index contributed by atoms with van der Waals surface area (Å²) in [5, 5.41) is 3.02. The van der Waals surface area contributed by atoms with Gasteiger partial charge in [-0.25, -0.2) is 0 Å². The van der Waals surface area contributed by atoms with Gasteiger partial charge in [0.1, 0.15) is 11.5 Å². The van der Waals surface area contributed by atoms with Crippen molar-refractivity contribution >= 4 is 10.8 Å².